The minimum atomic E-state index is 0.243. The van der Waals surface area contributed by atoms with Crippen LogP contribution in [0.3, 0.4) is 0 Å². The number of nitrogens with zero attached hydrogens (tertiary/aromatic N) is 1. The van der Waals surface area contributed by atoms with E-state index in [9.17, 15) is 5.11 Å². The molecule has 96 valence electrons. The van der Waals surface area contributed by atoms with Gasteiger partial charge in [-0.2, -0.15) is 0 Å². The minimum Gasteiger partial charge on any atom is -0.507 e. The summed E-state index contributed by atoms with van der Waals surface area (Å²) in [6, 6.07) is 9.65. The summed E-state index contributed by atoms with van der Waals surface area (Å²) in [6.45, 7) is 4.16. The second-order valence-corrected chi connectivity index (χ2v) is 5.95. The zero-order valence-corrected chi connectivity index (χ0v) is 12.8. The number of hydrogen-bond donors (Lipinski definition) is 2. The van der Waals surface area contributed by atoms with Crippen molar-refractivity contribution in [3.05, 3.63) is 45.0 Å². The van der Waals surface area contributed by atoms with Crippen molar-refractivity contribution < 1.29 is 5.11 Å². The topological polar surface area (TPSA) is 48.9 Å². The second kappa shape index (κ2) is 4.52. The molecule has 0 atom stereocenters. The van der Waals surface area contributed by atoms with E-state index in [0.29, 0.717) is 5.82 Å². The first kappa shape index (κ1) is 12.5. The SMILES string of the molecule is Cc1cc2nc(-c3cc(I)ccc3O)[nH]c2cc1C. The van der Waals surface area contributed by atoms with Crippen molar-refractivity contribution >= 4 is 33.6 Å². The zero-order chi connectivity index (χ0) is 13.6. The molecule has 4 heteroatoms. The molecule has 0 bridgehead atoms. The zero-order valence-electron chi connectivity index (χ0n) is 10.7. The molecule has 1 heterocycles. The quantitative estimate of drug-likeness (QED) is 0.637. The van der Waals surface area contributed by atoms with Crippen LogP contribution in [0.25, 0.3) is 22.4 Å². The van der Waals surface area contributed by atoms with Crippen LogP contribution in [0.2, 0.25) is 0 Å². The third kappa shape index (κ3) is 2.20. The third-order valence-electron chi connectivity index (χ3n) is 3.31. The van der Waals surface area contributed by atoms with Gasteiger partial charge in [0.15, 0.2) is 0 Å². The highest BCUT2D eigenvalue weighted by Crippen LogP contribution is 2.30. The van der Waals surface area contributed by atoms with Crippen molar-refractivity contribution in [1.29, 1.82) is 0 Å². The summed E-state index contributed by atoms with van der Waals surface area (Å²) >= 11 is 2.23. The molecule has 0 radical (unpaired) electrons. The van der Waals surface area contributed by atoms with E-state index >= 15 is 0 Å². The van der Waals surface area contributed by atoms with Crippen LogP contribution in [0.15, 0.2) is 30.3 Å². The van der Waals surface area contributed by atoms with Gasteiger partial charge in [-0.25, -0.2) is 4.98 Å². The molecule has 3 aromatic rings. The highest BCUT2D eigenvalue weighted by Gasteiger charge is 2.10. The van der Waals surface area contributed by atoms with Crippen LogP contribution in [0, 0.1) is 17.4 Å². The Balaban J connectivity index is 2.23. The summed E-state index contributed by atoms with van der Waals surface area (Å²) in [5, 5.41) is 9.96. The number of aromatic hydroxyl groups is 1. The molecule has 0 saturated carbocycles. The third-order valence-corrected chi connectivity index (χ3v) is 3.98. The first-order valence-electron chi connectivity index (χ1n) is 6.00. The molecule has 0 aliphatic rings. The van der Waals surface area contributed by atoms with Gasteiger partial charge in [0.2, 0.25) is 0 Å². The molecule has 3 nitrogen and oxygen atoms in total. The Bertz CT molecular complexity index is 738. The van der Waals surface area contributed by atoms with Gasteiger partial charge in [-0.05, 0) is 77.9 Å². The molecule has 0 amide bonds. The fourth-order valence-corrected chi connectivity index (χ4v) is 2.59. The van der Waals surface area contributed by atoms with E-state index in [1.54, 1.807) is 6.07 Å². The predicted molar refractivity (Wildman–Crippen MR) is 85.4 cm³/mol. The van der Waals surface area contributed by atoms with Gasteiger partial charge in [0.05, 0.1) is 16.6 Å². The summed E-state index contributed by atoms with van der Waals surface area (Å²) in [5.41, 5.74) is 5.11. The number of halogens is 1. The number of hydrogen-bond acceptors (Lipinski definition) is 2. The van der Waals surface area contributed by atoms with Gasteiger partial charge in [0.1, 0.15) is 11.6 Å². The van der Waals surface area contributed by atoms with Gasteiger partial charge < -0.3 is 10.1 Å². The monoisotopic (exact) mass is 364 g/mol. The first-order chi connectivity index (χ1) is 9.04. The molecule has 19 heavy (non-hydrogen) atoms. The number of nitrogens with one attached hydrogen (secondary N) is 1. The van der Waals surface area contributed by atoms with Gasteiger partial charge >= 0.3 is 0 Å². The average Bonchev–Trinajstić information content (AvgIpc) is 2.75. The van der Waals surface area contributed by atoms with Gasteiger partial charge in [0, 0.05) is 3.57 Å². The molecule has 0 spiro atoms. The highest BCUT2D eigenvalue weighted by molar-refractivity contribution is 14.1. The molecule has 0 fully saturated rings. The Morgan fingerprint density at radius 2 is 1.84 bits per heavy atom. The predicted octanol–water partition coefficient (Wildman–Crippen LogP) is 4.16. The van der Waals surface area contributed by atoms with Crippen molar-refractivity contribution in [3.63, 3.8) is 0 Å². The number of phenols is 1. The summed E-state index contributed by atoms with van der Waals surface area (Å²) < 4.78 is 1.07. The number of aryl methyl sites for hydroxylation is 2. The summed E-state index contributed by atoms with van der Waals surface area (Å²) in [6.07, 6.45) is 0. The molecule has 0 aliphatic heterocycles. The van der Waals surface area contributed by atoms with Crippen molar-refractivity contribution in [2.45, 2.75) is 13.8 Å². The maximum atomic E-state index is 9.96. The lowest BCUT2D eigenvalue weighted by Gasteiger charge is -2.01. The van der Waals surface area contributed by atoms with Crippen molar-refractivity contribution in [1.82, 2.24) is 9.97 Å². The second-order valence-electron chi connectivity index (χ2n) is 4.70. The molecule has 0 saturated heterocycles. The van der Waals surface area contributed by atoms with Gasteiger partial charge in [0.25, 0.3) is 0 Å². The van der Waals surface area contributed by atoms with E-state index in [2.05, 4.69) is 58.5 Å². The standard InChI is InChI=1S/C15H13IN2O/c1-8-5-12-13(6-9(8)2)18-15(17-12)11-7-10(16)3-4-14(11)19/h3-7,19H,1-2H3,(H,17,18). The van der Waals surface area contributed by atoms with E-state index in [-0.39, 0.29) is 5.75 Å². The molecule has 2 N–H and O–H groups in total. The number of aromatic nitrogens is 2. The van der Waals surface area contributed by atoms with Gasteiger partial charge in [-0.1, -0.05) is 0 Å². The lowest BCUT2D eigenvalue weighted by Crippen LogP contribution is -1.83. The number of imidazole rings is 1. The van der Waals surface area contributed by atoms with Gasteiger partial charge in [-0.15, -0.1) is 0 Å². The highest BCUT2D eigenvalue weighted by atomic mass is 127. The molecular formula is C15H13IN2O. The van der Waals surface area contributed by atoms with E-state index in [1.807, 2.05) is 12.1 Å². The summed E-state index contributed by atoms with van der Waals surface area (Å²) in [7, 11) is 0. The largest absolute Gasteiger partial charge is 0.507 e. The number of aromatic amines is 1. The van der Waals surface area contributed by atoms with Crippen molar-refractivity contribution in [2.75, 3.05) is 0 Å². The Morgan fingerprint density at radius 3 is 2.63 bits per heavy atom. The van der Waals surface area contributed by atoms with E-state index in [0.717, 1.165) is 20.2 Å². The minimum absolute atomic E-state index is 0.243. The van der Waals surface area contributed by atoms with Crippen LogP contribution >= 0.6 is 22.6 Å². The lowest BCUT2D eigenvalue weighted by atomic mass is 10.1. The van der Waals surface area contributed by atoms with Crippen molar-refractivity contribution in [3.8, 4) is 17.1 Å². The molecule has 3 rings (SSSR count). The summed E-state index contributed by atoms with van der Waals surface area (Å²) in [4.78, 5) is 7.84. The van der Waals surface area contributed by atoms with Crippen LogP contribution in [-0.2, 0) is 0 Å². The molecule has 2 aromatic carbocycles. The maximum Gasteiger partial charge on any atom is 0.142 e. The first-order valence-corrected chi connectivity index (χ1v) is 7.08. The molecule has 1 aromatic heterocycles. The average molecular weight is 364 g/mol. The fourth-order valence-electron chi connectivity index (χ4n) is 2.10. The maximum absolute atomic E-state index is 9.96. The van der Waals surface area contributed by atoms with E-state index in [4.69, 9.17) is 0 Å². The molecular weight excluding hydrogens is 351 g/mol. The van der Waals surface area contributed by atoms with Crippen LogP contribution < -0.4 is 0 Å². The van der Waals surface area contributed by atoms with Crippen LogP contribution in [0.1, 0.15) is 11.1 Å². The number of rotatable bonds is 1. The van der Waals surface area contributed by atoms with Crippen LogP contribution in [0.5, 0.6) is 5.75 Å². The number of benzene rings is 2. The Kier molecular flexibility index (Phi) is 2.97. The Labute approximate surface area is 124 Å². The number of fused-ring (bicyclic) bond motifs is 1. The van der Waals surface area contributed by atoms with Crippen LogP contribution in [0.4, 0.5) is 0 Å². The van der Waals surface area contributed by atoms with Gasteiger partial charge in [-0.3, -0.25) is 0 Å². The van der Waals surface area contributed by atoms with Crippen molar-refractivity contribution in [2.24, 2.45) is 0 Å². The van der Waals surface area contributed by atoms with E-state index < -0.39 is 0 Å². The summed E-state index contributed by atoms with van der Waals surface area (Å²) in [5.74, 6) is 0.948. The normalized spacial score (nSPS) is 11.1. The number of phenolic OH excluding ortho intramolecular Hbond substituents is 1. The molecule has 0 unspecified atom stereocenters. The number of H-pyrrole nitrogens is 1. The lowest BCUT2D eigenvalue weighted by molar-refractivity contribution is 0.477. The Hall–Kier alpha value is -1.56. The van der Waals surface area contributed by atoms with E-state index in [1.165, 1.54) is 11.1 Å². The Morgan fingerprint density at radius 1 is 1.11 bits per heavy atom. The molecule has 0 aliphatic carbocycles. The van der Waals surface area contributed by atoms with Crippen LogP contribution in [-0.4, -0.2) is 15.1 Å². The smallest absolute Gasteiger partial charge is 0.142 e. The fraction of sp³-hybridized carbons (Fsp3) is 0.133.